The second-order valence-electron chi connectivity index (χ2n) is 7.74. The van der Waals surface area contributed by atoms with E-state index in [0.717, 1.165) is 44.8 Å². The molecule has 28 heavy (non-hydrogen) atoms. The third-order valence-electron chi connectivity index (χ3n) is 5.84. The molecule has 148 valence electrons. The van der Waals surface area contributed by atoms with E-state index in [1.54, 1.807) is 12.1 Å². The number of anilines is 2. The molecular formula is C23H28FN3O. The molecule has 2 aliphatic rings. The number of hydrogen-bond acceptors (Lipinski definition) is 3. The molecule has 2 aromatic carbocycles. The van der Waals surface area contributed by atoms with Crippen molar-refractivity contribution < 1.29 is 9.18 Å². The van der Waals surface area contributed by atoms with Crippen molar-refractivity contribution in [3.05, 3.63) is 59.9 Å². The van der Waals surface area contributed by atoms with Crippen LogP contribution in [-0.4, -0.2) is 50.1 Å². The van der Waals surface area contributed by atoms with E-state index in [1.165, 1.54) is 42.8 Å². The lowest BCUT2D eigenvalue weighted by Gasteiger charge is -2.36. The van der Waals surface area contributed by atoms with E-state index in [9.17, 15) is 9.18 Å². The minimum atomic E-state index is -0.267. The summed E-state index contributed by atoms with van der Waals surface area (Å²) in [6.07, 6.45) is 4.26. The van der Waals surface area contributed by atoms with Crippen LogP contribution in [0.4, 0.5) is 15.8 Å². The SMILES string of the molecule is O=C(Cc1ccc(F)cc1)N1CCN(c2ccc(N3CCCCC3)cc2)CC1. The van der Waals surface area contributed by atoms with Crippen LogP contribution in [0.3, 0.4) is 0 Å². The number of piperidine rings is 1. The topological polar surface area (TPSA) is 26.8 Å². The van der Waals surface area contributed by atoms with Crippen molar-refractivity contribution in [1.82, 2.24) is 4.90 Å². The first-order chi connectivity index (χ1) is 13.7. The molecule has 2 fully saturated rings. The number of carbonyl (C=O) groups is 1. The molecule has 0 atom stereocenters. The van der Waals surface area contributed by atoms with Crippen LogP contribution in [0.15, 0.2) is 48.5 Å². The molecule has 0 aliphatic carbocycles. The van der Waals surface area contributed by atoms with E-state index < -0.39 is 0 Å². The zero-order valence-corrected chi connectivity index (χ0v) is 16.3. The summed E-state index contributed by atoms with van der Waals surface area (Å²) in [5, 5.41) is 0. The Labute approximate surface area is 166 Å². The maximum atomic E-state index is 13.0. The maximum Gasteiger partial charge on any atom is 0.227 e. The lowest BCUT2D eigenvalue weighted by atomic mass is 10.1. The van der Waals surface area contributed by atoms with Crippen molar-refractivity contribution in [1.29, 1.82) is 0 Å². The summed E-state index contributed by atoms with van der Waals surface area (Å²) < 4.78 is 13.0. The molecule has 0 spiro atoms. The van der Waals surface area contributed by atoms with E-state index >= 15 is 0 Å². The number of nitrogens with zero attached hydrogens (tertiary/aromatic N) is 3. The van der Waals surface area contributed by atoms with Gasteiger partial charge in [-0.1, -0.05) is 12.1 Å². The molecule has 2 aromatic rings. The van der Waals surface area contributed by atoms with Gasteiger partial charge in [-0.15, -0.1) is 0 Å². The molecule has 0 saturated carbocycles. The number of piperazine rings is 1. The summed E-state index contributed by atoms with van der Waals surface area (Å²) >= 11 is 0. The summed E-state index contributed by atoms with van der Waals surface area (Å²) in [5.41, 5.74) is 3.41. The fraction of sp³-hybridized carbons (Fsp3) is 0.435. The summed E-state index contributed by atoms with van der Waals surface area (Å²) in [7, 11) is 0. The first-order valence-corrected chi connectivity index (χ1v) is 10.3. The normalized spacial score (nSPS) is 17.7. The van der Waals surface area contributed by atoms with Gasteiger partial charge < -0.3 is 14.7 Å². The number of carbonyl (C=O) groups excluding carboxylic acids is 1. The molecule has 4 nitrogen and oxygen atoms in total. The van der Waals surface area contributed by atoms with Crippen LogP contribution >= 0.6 is 0 Å². The van der Waals surface area contributed by atoms with Crippen LogP contribution in [0.2, 0.25) is 0 Å². The van der Waals surface area contributed by atoms with Crippen molar-refractivity contribution in [3.8, 4) is 0 Å². The van der Waals surface area contributed by atoms with Gasteiger partial charge in [0.1, 0.15) is 5.82 Å². The first-order valence-electron chi connectivity index (χ1n) is 10.3. The fourth-order valence-corrected chi connectivity index (χ4v) is 4.13. The average molecular weight is 381 g/mol. The summed E-state index contributed by atoms with van der Waals surface area (Å²) in [6.45, 7) is 5.47. The van der Waals surface area contributed by atoms with Crippen LogP contribution < -0.4 is 9.80 Å². The molecule has 0 N–H and O–H groups in total. The van der Waals surface area contributed by atoms with Crippen molar-refractivity contribution >= 4 is 17.3 Å². The second-order valence-corrected chi connectivity index (χ2v) is 7.74. The third-order valence-corrected chi connectivity index (χ3v) is 5.84. The minimum absolute atomic E-state index is 0.117. The molecule has 2 aliphatic heterocycles. The molecule has 5 heteroatoms. The molecule has 0 radical (unpaired) electrons. The number of rotatable bonds is 4. The summed E-state index contributed by atoms with van der Waals surface area (Å²) in [4.78, 5) is 19.3. The third kappa shape index (κ3) is 4.46. The Hall–Kier alpha value is -2.56. The molecule has 4 rings (SSSR count). The maximum absolute atomic E-state index is 13.0. The highest BCUT2D eigenvalue weighted by Gasteiger charge is 2.21. The highest BCUT2D eigenvalue weighted by molar-refractivity contribution is 5.79. The van der Waals surface area contributed by atoms with Crippen LogP contribution in [0, 0.1) is 5.82 Å². The standard InChI is InChI=1S/C23H28FN3O/c24-20-6-4-19(5-7-20)18-23(28)27-16-14-26(15-17-27)22-10-8-21(9-11-22)25-12-2-1-3-13-25/h4-11H,1-3,12-18H2. The lowest BCUT2D eigenvalue weighted by molar-refractivity contribution is -0.130. The van der Waals surface area contributed by atoms with E-state index in [1.807, 2.05) is 4.90 Å². The number of hydrogen-bond donors (Lipinski definition) is 0. The van der Waals surface area contributed by atoms with Gasteiger partial charge in [0.05, 0.1) is 6.42 Å². The van der Waals surface area contributed by atoms with Gasteiger partial charge in [-0.2, -0.15) is 0 Å². The van der Waals surface area contributed by atoms with Crippen LogP contribution in [0.1, 0.15) is 24.8 Å². The van der Waals surface area contributed by atoms with Crippen LogP contribution in [0.25, 0.3) is 0 Å². The second kappa shape index (κ2) is 8.63. The number of halogens is 1. The highest BCUT2D eigenvalue weighted by atomic mass is 19.1. The monoisotopic (exact) mass is 381 g/mol. The molecule has 1 amide bonds. The van der Waals surface area contributed by atoms with E-state index in [4.69, 9.17) is 0 Å². The van der Waals surface area contributed by atoms with Gasteiger partial charge in [-0.3, -0.25) is 4.79 Å². The van der Waals surface area contributed by atoms with Crippen LogP contribution in [0.5, 0.6) is 0 Å². The lowest BCUT2D eigenvalue weighted by Crippen LogP contribution is -2.49. The Morgan fingerprint density at radius 1 is 0.714 bits per heavy atom. The molecule has 0 aromatic heterocycles. The predicted molar refractivity (Wildman–Crippen MR) is 111 cm³/mol. The zero-order chi connectivity index (χ0) is 19.3. The molecule has 2 saturated heterocycles. The smallest absolute Gasteiger partial charge is 0.227 e. The minimum Gasteiger partial charge on any atom is -0.372 e. The van der Waals surface area contributed by atoms with Gasteiger partial charge in [0, 0.05) is 50.6 Å². The van der Waals surface area contributed by atoms with Gasteiger partial charge in [-0.25, -0.2) is 4.39 Å². The predicted octanol–water partition coefficient (Wildman–Crippen LogP) is 3.71. The Morgan fingerprint density at radius 2 is 1.25 bits per heavy atom. The van der Waals surface area contributed by atoms with Gasteiger partial charge in [0.2, 0.25) is 5.91 Å². The molecule has 0 unspecified atom stereocenters. The van der Waals surface area contributed by atoms with Gasteiger partial charge >= 0.3 is 0 Å². The Kier molecular flexibility index (Phi) is 5.79. The van der Waals surface area contributed by atoms with E-state index in [0.29, 0.717) is 6.42 Å². The van der Waals surface area contributed by atoms with Crippen molar-refractivity contribution in [2.75, 3.05) is 49.1 Å². The van der Waals surface area contributed by atoms with Gasteiger partial charge in [0.15, 0.2) is 0 Å². The number of amides is 1. The van der Waals surface area contributed by atoms with Crippen LogP contribution in [-0.2, 0) is 11.2 Å². The molecule has 2 heterocycles. The van der Waals surface area contributed by atoms with E-state index in [2.05, 4.69) is 34.1 Å². The quantitative estimate of drug-likeness (QED) is 0.808. The number of benzene rings is 2. The Balaban J connectivity index is 1.29. The van der Waals surface area contributed by atoms with Crippen molar-refractivity contribution in [2.24, 2.45) is 0 Å². The molecular weight excluding hydrogens is 353 g/mol. The highest BCUT2D eigenvalue weighted by Crippen LogP contribution is 2.24. The first kappa shape index (κ1) is 18.8. The Bertz CT molecular complexity index is 776. The average Bonchev–Trinajstić information content (AvgIpc) is 2.76. The fourth-order valence-electron chi connectivity index (χ4n) is 4.13. The summed E-state index contributed by atoms with van der Waals surface area (Å²) in [5.74, 6) is -0.150. The zero-order valence-electron chi connectivity index (χ0n) is 16.3. The van der Waals surface area contributed by atoms with Gasteiger partial charge in [-0.05, 0) is 61.2 Å². The van der Waals surface area contributed by atoms with Crippen molar-refractivity contribution in [2.45, 2.75) is 25.7 Å². The van der Waals surface area contributed by atoms with Crippen molar-refractivity contribution in [3.63, 3.8) is 0 Å². The largest absolute Gasteiger partial charge is 0.372 e. The van der Waals surface area contributed by atoms with Gasteiger partial charge in [0.25, 0.3) is 0 Å². The molecule has 0 bridgehead atoms. The summed E-state index contributed by atoms with van der Waals surface area (Å²) in [6, 6.07) is 15.1. The van der Waals surface area contributed by atoms with E-state index in [-0.39, 0.29) is 11.7 Å². The Morgan fingerprint density at radius 3 is 1.82 bits per heavy atom.